The van der Waals surface area contributed by atoms with Crippen LogP contribution in [-0.2, 0) is 19.4 Å². The van der Waals surface area contributed by atoms with Crippen molar-refractivity contribution in [1.82, 2.24) is 10.2 Å². The van der Waals surface area contributed by atoms with Crippen LogP contribution >= 0.6 is 23.2 Å². The second-order valence-corrected chi connectivity index (χ2v) is 10.6. The smallest absolute Gasteiger partial charge is 0.236 e. The summed E-state index contributed by atoms with van der Waals surface area (Å²) >= 11 is 12.2. The van der Waals surface area contributed by atoms with Crippen LogP contribution in [0.1, 0.15) is 37.8 Å². The monoisotopic (exact) mass is 448 g/mol. The fourth-order valence-electron chi connectivity index (χ4n) is 3.79. The van der Waals surface area contributed by atoms with Gasteiger partial charge in [0.15, 0.2) is 9.84 Å². The molecule has 2 fully saturated rings. The van der Waals surface area contributed by atoms with Crippen LogP contribution in [0, 0.1) is 0 Å². The number of amides is 1. The lowest BCUT2D eigenvalue weighted by Gasteiger charge is -2.31. The molecule has 6 nitrogen and oxygen atoms in total. The zero-order valence-corrected chi connectivity index (χ0v) is 18.2. The summed E-state index contributed by atoms with van der Waals surface area (Å²) in [7, 11) is -3.08. The maximum absolute atomic E-state index is 13.0. The molecule has 9 heteroatoms. The van der Waals surface area contributed by atoms with E-state index in [4.69, 9.17) is 27.9 Å². The van der Waals surface area contributed by atoms with Gasteiger partial charge in [0.1, 0.15) is 0 Å². The Morgan fingerprint density at radius 3 is 2.75 bits per heavy atom. The summed E-state index contributed by atoms with van der Waals surface area (Å²) in [4.78, 5) is 14.7. The van der Waals surface area contributed by atoms with Gasteiger partial charge in [0.2, 0.25) is 5.91 Å². The Balaban J connectivity index is 1.64. The second kappa shape index (κ2) is 9.30. The second-order valence-electron chi connectivity index (χ2n) is 7.51. The molecule has 1 aromatic rings. The predicted molar refractivity (Wildman–Crippen MR) is 111 cm³/mol. The third kappa shape index (κ3) is 5.60. The molecule has 3 unspecified atom stereocenters. The van der Waals surface area contributed by atoms with Crippen LogP contribution in [0.5, 0.6) is 0 Å². The molecule has 2 saturated heterocycles. The van der Waals surface area contributed by atoms with Crippen LogP contribution in [0.2, 0.25) is 10.0 Å². The van der Waals surface area contributed by atoms with Crippen molar-refractivity contribution < 1.29 is 17.9 Å². The molecular weight excluding hydrogens is 423 g/mol. The first-order chi connectivity index (χ1) is 13.2. The average molecular weight is 449 g/mol. The van der Waals surface area contributed by atoms with E-state index in [1.807, 2.05) is 13.0 Å². The molecule has 1 amide bonds. The summed E-state index contributed by atoms with van der Waals surface area (Å²) < 4.78 is 29.5. The van der Waals surface area contributed by atoms with Gasteiger partial charge < -0.3 is 15.0 Å². The third-order valence-corrected chi connectivity index (χ3v) is 7.70. The van der Waals surface area contributed by atoms with E-state index in [1.54, 1.807) is 17.0 Å². The standard InChI is InChI=1S/C19H26Cl2N2O4S/c1-13(17-5-4-14(20)9-18(17)21)22-10-19(24)23(11-16-3-2-7-27-16)15-6-8-28(25,26)12-15/h4-5,9,13,15-16,22H,2-3,6-8,10-12H2,1H3. The molecule has 28 heavy (non-hydrogen) atoms. The van der Waals surface area contributed by atoms with Crippen molar-refractivity contribution in [2.45, 2.75) is 44.4 Å². The van der Waals surface area contributed by atoms with Gasteiger partial charge in [-0.3, -0.25) is 4.79 Å². The van der Waals surface area contributed by atoms with Crippen molar-refractivity contribution in [3.63, 3.8) is 0 Å². The maximum atomic E-state index is 13.0. The molecule has 0 bridgehead atoms. The van der Waals surface area contributed by atoms with Crippen molar-refractivity contribution in [3.8, 4) is 0 Å². The molecule has 2 aliphatic rings. The lowest BCUT2D eigenvalue weighted by Crippen LogP contribution is -2.48. The highest BCUT2D eigenvalue weighted by molar-refractivity contribution is 7.91. The van der Waals surface area contributed by atoms with Gasteiger partial charge in [-0.05, 0) is 43.9 Å². The Morgan fingerprint density at radius 1 is 1.36 bits per heavy atom. The molecule has 1 aromatic carbocycles. The molecule has 3 rings (SSSR count). The van der Waals surface area contributed by atoms with Crippen LogP contribution in [0.25, 0.3) is 0 Å². The minimum Gasteiger partial charge on any atom is -0.376 e. The molecule has 2 heterocycles. The van der Waals surface area contributed by atoms with E-state index in [2.05, 4.69) is 5.32 Å². The summed E-state index contributed by atoms with van der Waals surface area (Å²) in [5, 5.41) is 4.30. The quantitative estimate of drug-likeness (QED) is 0.693. The molecule has 0 saturated carbocycles. The summed E-state index contributed by atoms with van der Waals surface area (Å²) in [5.41, 5.74) is 0.855. The first-order valence-corrected chi connectivity index (χ1v) is 12.1. The molecular formula is C19H26Cl2N2O4S. The summed E-state index contributed by atoms with van der Waals surface area (Å²) in [6.45, 7) is 3.16. The third-order valence-electron chi connectivity index (χ3n) is 5.38. The van der Waals surface area contributed by atoms with E-state index >= 15 is 0 Å². The van der Waals surface area contributed by atoms with Crippen molar-refractivity contribution in [1.29, 1.82) is 0 Å². The van der Waals surface area contributed by atoms with Crippen LogP contribution < -0.4 is 5.32 Å². The molecule has 0 radical (unpaired) electrons. The highest BCUT2D eigenvalue weighted by Gasteiger charge is 2.36. The van der Waals surface area contributed by atoms with Crippen molar-refractivity contribution in [3.05, 3.63) is 33.8 Å². The Bertz CT molecular complexity index is 812. The van der Waals surface area contributed by atoms with Gasteiger partial charge in [-0.2, -0.15) is 0 Å². The van der Waals surface area contributed by atoms with Crippen molar-refractivity contribution in [2.75, 3.05) is 31.2 Å². The topological polar surface area (TPSA) is 75.7 Å². The van der Waals surface area contributed by atoms with Crippen LogP contribution in [0.15, 0.2) is 18.2 Å². The first-order valence-electron chi connectivity index (χ1n) is 9.55. The number of hydrogen-bond donors (Lipinski definition) is 1. The Kier molecular flexibility index (Phi) is 7.26. The molecule has 3 atom stereocenters. The molecule has 2 aliphatic heterocycles. The Labute approximate surface area is 176 Å². The molecule has 1 N–H and O–H groups in total. The lowest BCUT2D eigenvalue weighted by molar-refractivity contribution is -0.134. The van der Waals surface area contributed by atoms with E-state index < -0.39 is 9.84 Å². The molecule has 0 aliphatic carbocycles. The molecule has 0 spiro atoms. The molecule has 0 aromatic heterocycles. The van der Waals surface area contributed by atoms with E-state index in [-0.39, 0.29) is 42.1 Å². The fraction of sp³-hybridized carbons (Fsp3) is 0.632. The largest absolute Gasteiger partial charge is 0.376 e. The van der Waals surface area contributed by atoms with Gasteiger partial charge in [0, 0.05) is 35.3 Å². The van der Waals surface area contributed by atoms with Gasteiger partial charge in [-0.25, -0.2) is 8.42 Å². The van der Waals surface area contributed by atoms with E-state index in [0.717, 1.165) is 18.4 Å². The Hall–Kier alpha value is -0.860. The number of carbonyl (C=O) groups is 1. The number of carbonyl (C=O) groups excluding carboxylic acids is 1. The van der Waals surface area contributed by atoms with Crippen molar-refractivity contribution >= 4 is 38.9 Å². The van der Waals surface area contributed by atoms with Gasteiger partial charge >= 0.3 is 0 Å². The van der Waals surface area contributed by atoms with Gasteiger partial charge in [-0.1, -0.05) is 29.3 Å². The normalized spacial score (nSPS) is 25.0. The SMILES string of the molecule is CC(NCC(=O)N(CC1CCCO1)C1CCS(=O)(=O)C1)c1ccc(Cl)cc1Cl. The van der Waals surface area contributed by atoms with E-state index in [1.165, 1.54) is 0 Å². The van der Waals surface area contributed by atoms with E-state index in [9.17, 15) is 13.2 Å². The molecule has 156 valence electrons. The maximum Gasteiger partial charge on any atom is 0.236 e. The minimum atomic E-state index is -3.08. The zero-order valence-electron chi connectivity index (χ0n) is 15.9. The van der Waals surface area contributed by atoms with Gasteiger partial charge in [0.05, 0.1) is 24.2 Å². The number of benzene rings is 1. The predicted octanol–water partition coefficient (Wildman–Crippen LogP) is 2.84. The zero-order chi connectivity index (χ0) is 20.3. The number of halogens is 2. The van der Waals surface area contributed by atoms with Crippen LogP contribution in [-0.4, -0.2) is 62.6 Å². The average Bonchev–Trinajstić information content (AvgIpc) is 3.26. The van der Waals surface area contributed by atoms with Gasteiger partial charge in [-0.15, -0.1) is 0 Å². The summed E-state index contributed by atoms with van der Waals surface area (Å²) in [6, 6.07) is 4.84. The Morgan fingerprint density at radius 2 is 2.14 bits per heavy atom. The van der Waals surface area contributed by atoms with Crippen molar-refractivity contribution in [2.24, 2.45) is 0 Å². The number of sulfone groups is 1. The highest BCUT2D eigenvalue weighted by Crippen LogP contribution is 2.26. The summed E-state index contributed by atoms with van der Waals surface area (Å²) in [5.74, 6) is 0.0517. The number of ether oxygens (including phenoxy) is 1. The van der Waals surface area contributed by atoms with Crippen LogP contribution in [0.3, 0.4) is 0 Å². The number of rotatable bonds is 7. The lowest BCUT2D eigenvalue weighted by atomic mass is 10.1. The van der Waals surface area contributed by atoms with E-state index in [0.29, 0.717) is 29.6 Å². The number of hydrogen-bond acceptors (Lipinski definition) is 5. The van der Waals surface area contributed by atoms with Crippen LogP contribution in [0.4, 0.5) is 0 Å². The summed E-state index contributed by atoms with van der Waals surface area (Å²) in [6.07, 6.45) is 2.34. The number of nitrogens with one attached hydrogen (secondary N) is 1. The fourth-order valence-corrected chi connectivity index (χ4v) is 6.09. The number of nitrogens with zero attached hydrogens (tertiary/aromatic N) is 1. The van der Waals surface area contributed by atoms with Gasteiger partial charge in [0.25, 0.3) is 0 Å². The highest BCUT2D eigenvalue weighted by atomic mass is 35.5. The first kappa shape index (κ1) is 21.8. The minimum absolute atomic E-state index is 0.0182.